The molecule has 134 valence electrons. The minimum Gasteiger partial charge on any atom is -0.465 e. The lowest BCUT2D eigenvalue weighted by atomic mass is 10.1. The van der Waals surface area contributed by atoms with Crippen LogP contribution in [0.2, 0.25) is 0 Å². The quantitative estimate of drug-likeness (QED) is 0.660. The van der Waals surface area contributed by atoms with Crippen LogP contribution in [0.5, 0.6) is 0 Å². The zero-order valence-corrected chi connectivity index (χ0v) is 15.0. The minimum absolute atomic E-state index is 0.0585. The highest BCUT2D eigenvalue weighted by atomic mass is 16.5. The number of nitrogens with zero attached hydrogens (tertiary/aromatic N) is 2. The summed E-state index contributed by atoms with van der Waals surface area (Å²) in [7, 11) is 3.03. The lowest BCUT2D eigenvalue weighted by Crippen LogP contribution is -2.27. The van der Waals surface area contributed by atoms with Gasteiger partial charge in [-0.3, -0.25) is 9.78 Å². The first kappa shape index (κ1) is 17.7. The molecule has 0 spiro atoms. The number of esters is 1. The van der Waals surface area contributed by atoms with E-state index in [0.717, 1.165) is 16.5 Å². The molecular formula is C20H20N2O4. The Kier molecular flexibility index (Phi) is 5.02. The molecule has 0 N–H and O–H groups in total. The number of methoxy groups -OCH3 is 1. The first-order chi connectivity index (χ1) is 12.5. The van der Waals surface area contributed by atoms with E-state index in [-0.39, 0.29) is 18.9 Å². The van der Waals surface area contributed by atoms with E-state index in [4.69, 9.17) is 9.15 Å². The number of likely N-dealkylation sites (N-methyl/N-ethyl adjacent to an activating group) is 1. The van der Waals surface area contributed by atoms with Crippen molar-refractivity contribution in [3.63, 3.8) is 0 Å². The first-order valence-electron chi connectivity index (χ1n) is 8.24. The third-order valence-electron chi connectivity index (χ3n) is 4.25. The van der Waals surface area contributed by atoms with Gasteiger partial charge in [0, 0.05) is 18.6 Å². The SMILES string of the molecule is COC(=O)c1cc(CN(C)C(=O)Cc2cccc3cccnc23)oc1C. The summed E-state index contributed by atoms with van der Waals surface area (Å²) < 4.78 is 10.3. The van der Waals surface area contributed by atoms with Crippen molar-refractivity contribution in [1.29, 1.82) is 0 Å². The number of hydrogen-bond acceptors (Lipinski definition) is 5. The van der Waals surface area contributed by atoms with Gasteiger partial charge in [0.1, 0.15) is 17.1 Å². The van der Waals surface area contributed by atoms with Gasteiger partial charge in [0.15, 0.2) is 0 Å². The van der Waals surface area contributed by atoms with Crippen molar-refractivity contribution in [2.45, 2.75) is 19.9 Å². The highest BCUT2D eigenvalue weighted by molar-refractivity contribution is 5.90. The third kappa shape index (κ3) is 3.59. The molecule has 6 heteroatoms. The lowest BCUT2D eigenvalue weighted by Gasteiger charge is -2.16. The second kappa shape index (κ2) is 7.39. The molecule has 0 saturated heterocycles. The average Bonchev–Trinajstić information content (AvgIpc) is 3.01. The number of aryl methyl sites for hydroxylation is 1. The van der Waals surface area contributed by atoms with Crippen molar-refractivity contribution in [1.82, 2.24) is 9.88 Å². The highest BCUT2D eigenvalue weighted by Gasteiger charge is 2.18. The minimum atomic E-state index is -0.451. The molecule has 1 aromatic carbocycles. The molecule has 0 radical (unpaired) electrons. The van der Waals surface area contributed by atoms with Crippen molar-refractivity contribution >= 4 is 22.8 Å². The van der Waals surface area contributed by atoms with Crippen LogP contribution in [0.25, 0.3) is 10.9 Å². The van der Waals surface area contributed by atoms with Gasteiger partial charge < -0.3 is 14.1 Å². The molecular weight excluding hydrogens is 332 g/mol. The summed E-state index contributed by atoms with van der Waals surface area (Å²) in [6.45, 7) is 1.97. The van der Waals surface area contributed by atoms with Crippen LogP contribution in [0.1, 0.15) is 27.4 Å². The Morgan fingerprint density at radius 3 is 2.77 bits per heavy atom. The summed E-state index contributed by atoms with van der Waals surface area (Å²) >= 11 is 0. The summed E-state index contributed by atoms with van der Waals surface area (Å²) in [6.07, 6.45) is 1.97. The van der Waals surface area contributed by atoms with E-state index in [1.165, 1.54) is 7.11 Å². The molecule has 26 heavy (non-hydrogen) atoms. The maximum atomic E-state index is 12.6. The Bertz CT molecular complexity index is 956. The Morgan fingerprint density at radius 1 is 1.23 bits per heavy atom. The fraction of sp³-hybridized carbons (Fsp3) is 0.250. The van der Waals surface area contributed by atoms with E-state index in [9.17, 15) is 9.59 Å². The van der Waals surface area contributed by atoms with Crippen LogP contribution in [0.4, 0.5) is 0 Å². The van der Waals surface area contributed by atoms with E-state index < -0.39 is 5.97 Å². The molecule has 0 saturated carbocycles. The predicted octanol–water partition coefficient (Wildman–Crippen LogP) is 3.12. The number of benzene rings is 1. The summed E-state index contributed by atoms with van der Waals surface area (Å²) in [5.41, 5.74) is 2.09. The maximum Gasteiger partial charge on any atom is 0.341 e. The Morgan fingerprint density at radius 2 is 2.00 bits per heavy atom. The fourth-order valence-corrected chi connectivity index (χ4v) is 2.86. The van der Waals surface area contributed by atoms with Crippen molar-refractivity contribution in [3.8, 4) is 0 Å². The molecule has 2 heterocycles. The van der Waals surface area contributed by atoms with E-state index in [1.807, 2.05) is 30.3 Å². The number of rotatable bonds is 5. The summed E-state index contributed by atoms with van der Waals surface area (Å²) in [5.74, 6) is 0.505. The smallest absolute Gasteiger partial charge is 0.341 e. The van der Waals surface area contributed by atoms with Crippen molar-refractivity contribution in [3.05, 3.63) is 65.2 Å². The zero-order chi connectivity index (χ0) is 18.7. The molecule has 0 fully saturated rings. The topological polar surface area (TPSA) is 72.6 Å². The van der Waals surface area contributed by atoms with E-state index in [2.05, 4.69) is 4.98 Å². The molecule has 0 unspecified atom stereocenters. The molecule has 0 aliphatic rings. The number of para-hydroxylation sites is 1. The van der Waals surface area contributed by atoms with Crippen molar-refractivity contribution in [2.75, 3.05) is 14.2 Å². The van der Waals surface area contributed by atoms with Crippen LogP contribution >= 0.6 is 0 Å². The second-order valence-electron chi connectivity index (χ2n) is 6.09. The number of carbonyl (C=O) groups is 2. The maximum absolute atomic E-state index is 12.6. The van der Waals surface area contributed by atoms with Gasteiger partial charge in [0.05, 0.1) is 25.6 Å². The van der Waals surface area contributed by atoms with Crippen LogP contribution in [0, 0.1) is 6.92 Å². The molecule has 1 amide bonds. The van der Waals surface area contributed by atoms with Gasteiger partial charge in [-0.2, -0.15) is 0 Å². The molecule has 0 bridgehead atoms. The summed E-state index contributed by atoms with van der Waals surface area (Å²) in [4.78, 5) is 30.2. The van der Waals surface area contributed by atoms with Gasteiger partial charge in [-0.15, -0.1) is 0 Å². The second-order valence-corrected chi connectivity index (χ2v) is 6.09. The molecule has 0 atom stereocenters. The molecule has 0 aliphatic heterocycles. The zero-order valence-electron chi connectivity index (χ0n) is 15.0. The van der Waals surface area contributed by atoms with E-state index >= 15 is 0 Å². The third-order valence-corrected chi connectivity index (χ3v) is 4.25. The van der Waals surface area contributed by atoms with Gasteiger partial charge in [0.25, 0.3) is 0 Å². The monoisotopic (exact) mass is 352 g/mol. The van der Waals surface area contributed by atoms with Crippen LogP contribution < -0.4 is 0 Å². The highest BCUT2D eigenvalue weighted by Crippen LogP contribution is 2.19. The Hall–Kier alpha value is -3.15. The van der Waals surface area contributed by atoms with Gasteiger partial charge in [-0.25, -0.2) is 4.79 Å². The predicted molar refractivity (Wildman–Crippen MR) is 96.7 cm³/mol. The van der Waals surface area contributed by atoms with Crippen LogP contribution in [0.3, 0.4) is 0 Å². The number of pyridine rings is 1. The Labute approximate surface area is 151 Å². The van der Waals surface area contributed by atoms with Crippen LogP contribution in [0.15, 0.2) is 47.0 Å². The largest absolute Gasteiger partial charge is 0.465 e. The number of furan rings is 1. The van der Waals surface area contributed by atoms with Gasteiger partial charge >= 0.3 is 5.97 Å². The van der Waals surface area contributed by atoms with Crippen molar-refractivity contribution in [2.24, 2.45) is 0 Å². The van der Waals surface area contributed by atoms with Crippen molar-refractivity contribution < 1.29 is 18.7 Å². The number of fused-ring (bicyclic) bond motifs is 1. The molecule has 0 aliphatic carbocycles. The molecule has 6 nitrogen and oxygen atoms in total. The van der Waals surface area contributed by atoms with Crippen LogP contribution in [-0.2, 0) is 22.5 Å². The lowest BCUT2D eigenvalue weighted by molar-refractivity contribution is -0.129. The molecule has 3 aromatic rings. The van der Waals surface area contributed by atoms with Gasteiger partial charge in [-0.05, 0) is 24.6 Å². The Balaban J connectivity index is 1.73. The first-order valence-corrected chi connectivity index (χ1v) is 8.24. The fourth-order valence-electron chi connectivity index (χ4n) is 2.86. The number of aromatic nitrogens is 1. The molecule has 3 rings (SSSR count). The van der Waals surface area contributed by atoms with E-state index in [0.29, 0.717) is 17.1 Å². The standard InChI is InChI=1S/C20H20N2O4/c1-13-17(20(24)25-3)11-16(26-13)12-22(2)18(23)10-15-7-4-6-14-8-5-9-21-19(14)15/h4-9,11H,10,12H2,1-3H3. The van der Waals surface area contributed by atoms with Crippen LogP contribution in [-0.4, -0.2) is 35.9 Å². The number of hydrogen-bond donors (Lipinski definition) is 0. The summed E-state index contributed by atoms with van der Waals surface area (Å²) in [5, 5.41) is 1.00. The average molecular weight is 352 g/mol. The number of carbonyl (C=O) groups excluding carboxylic acids is 2. The number of ether oxygens (including phenoxy) is 1. The van der Waals surface area contributed by atoms with Gasteiger partial charge in [-0.1, -0.05) is 24.3 Å². The van der Waals surface area contributed by atoms with E-state index in [1.54, 1.807) is 31.1 Å². The normalized spacial score (nSPS) is 10.7. The molecule has 2 aromatic heterocycles. The van der Waals surface area contributed by atoms with Gasteiger partial charge in [0.2, 0.25) is 5.91 Å². The number of amides is 1. The summed E-state index contributed by atoms with van der Waals surface area (Å²) in [6, 6.07) is 11.3.